The Morgan fingerprint density at radius 1 is 1.57 bits per heavy atom. The summed E-state index contributed by atoms with van der Waals surface area (Å²) < 4.78 is 1.41. The third-order valence-electron chi connectivity index (χ3n) is 3.13. The molecule has 1 aliphatic heterocycles. The Kier molecular flexibility index (Phi) is 3.96. The number of nitrogens with zero attached hydrogens (tertiary/aromatic N) is 4. The summed E-state index contributed by atoms with van der Waals surface area (Å²) in [7, 11) is 0. The maximum absolute atomic E-state index is 12.0. The molecule has 1 aromatic heterocycles. The standard InChI is InChI=1S/C11H13N5O5/c1-7-11(19)13-9(17)5-15(7)10(18)2-3-14-4-8(12-6-14)16(20)21/h4,6-7H,2-3,5H2,1H3,(H,13,17,19). The molecule has 1 N–H and O–H groups in total. The molecule has 1 aromatic rings. The van der Waals surface area contributed by atoms with E-state index in [0.29, 0.717) is 0 Å². The maximum Gasteiger partial charge on any atom is 0.381 e. The highest BCUT2D eigenvalue weighted by Crippen LogP contribution is 2.10. The zero-order chi connectivity index (χ0) is 15.6. The number of hydrogen-bond acceptors (Lipinski definition) is 6. The number of carbonyl (C=O) groups excluding carboxylic acids is 3. The van der Waals surface area contributed by atoms with Gasteiger partial charge < -0.3 is 19.6 Å². The number of aryl methyl sites for hydroxylation is 1. The van der Waals surface area contributed by atoms with Gasteiger partial charge in [-0.15, -0.1) is 0 Å². The minimum Gasteiger partial charge on any atom is -0.358 e. The van der Waals surface area contributed by atoms with Crippen molar-refractivity contribution in [1.82, 2.24) is 19.8 Å². The molecule has 0 spiro atoms. The molecule has 1 unspecified atom stereocenters. The van der Waals surface area contributed by atoms with Crippen LogP contribution < -0.4 is 5.32 Å². The molecule has 0 radical (unpaired) electrons. The Bertz CT molecular complexity index is 610. The molecule has 1 atom stereocenters. The van der Waals surface area contributed by atoms with E-state index in [0.717, 1.165) is 0 Å². The summed E-state index contributed by atoms with van der Waals surface area (Å²) in [6, 6.07) is -0.715. The van der Waals surface area contributed by atoms with Crippen LogP contribution in [0.4, 0.5) is 5.82 Å². The number of imidazole rings is 1. The number of rotatable bonds is 4. The molecule has 112 valence electrons. The molecule has 0 aromatic carbocycles. The molecular formula is C11H13N5O5. The van der Waals surface area contributed by atoms with Gasteiger partial charge in [-0.2, -0.15) is 0 Å². The van der Waals surface area contributed by atoms with Crippen molar-refractivity contribution in [3.63, 3.8) is 0 Å². The first-order valence-electron chi connectivity index (χ1n) is 6.18. The van der Waals surface area contributed by atoms with Crippen LogP contribution in [0.5, 0.6) is 0 Å². The van der Waals surface area contributed by atoms with Gasteiger partial charge in [-0.1, -0.05) is 0 Å². The summed E-state index contributed by atoms with van der Waals surface area (Å²) in [5.74, 6) is -1.71. The lowest BCUT2D eigenvalue weighted by Crippen LogP contribution is -2.58. The topological polar surface area (TPSA) is 127 Å². The van der Waals surface area contributed by atoms with Crippen LogP contribution in [0.1, 0.15) is 13.3 Å². The molecule has 1 fully saturated rings. The Morgan fingerprint density at radius 3 is 2.90 bits per heavy atom. The van der Waals surface area contributed by atoms with E-state index in [1.54, 1.807) is 0 Å². The largest absolute Gasteiger partial charge is 0.381 e. The van der Waals surface area contributed by atoms with E-state index in [-0.39, 0.29) is 31.2 Å². The molecule has 0 bridgehead atoms. The average molecular weight is 295 g/mol. The minimum atomic E-state index is -0.715. The predicted molar refractivity (Wildman–Crippen MR) is 67.8 cm³/mol. The molecule has 0 aliphatic carbocycles. The van der Waals surface area contributed by atoms with Gasteiger partial charge in [-0.3, -0.25) is 19.7 Å². The van der Waals surface area contributed by atoms with Crippen molar-refractivity contribution in [1.29, 1.82) is 0 Å². The normalized spacial score (nSPS) is 18.5. The third-order valence-corrected chi connectivity index (χ3v) is 3.13. The highest BCUT2D eigenvalue weighted by molar-refractivity contribution is 6.04. The Balaban J connectivity index is 1.95. The number of amides is 3. The summed E-state index contributed by atoms with van der Waals surface area (Å²) in [6.07, 6.45) is 2.48. The van der Waals surface area contributed by atoms with Crippen LogP contribution in [0.2, 0.25) is 0 Å². The fraction of sp³-hybridized carbons (Fsp3) is 0.455. The van der Waals surface area contributed by atoms with Gasteiger partial charge in [0.2, 0.25) is 24.0 Å². The molecule has 10 nitrogen and oxygen atoms in total. The fourth-order valence-corrected chi connectivity index (χ4v) is 1.95. The first-order valence-corrected chi connectivity index (χ1v) is 6.18. The van der Waals surface area contributed by atoms with Crippen LogP contribution in [0.15, 0.2) is 12.5 Å². The highest BCUT2D eigenvalue weighted by atomic mass is 16.6. The van der Waals surface area contributed by atoms with Crippen molar-refractivity contribution in [3.05, 3.63) is 22.6 Å². The van der Waals surface area contributed by atoms with E-state index in [2.05, 4.69) is 10.3 Å². The first-order chi connectivity index (χ1) is 9.88. The maximum atomic E-state index is 12.0. The van der Waals surface area contributed by atoms with Crippen molar-refractivity contribution in [2.75, 3.05) is 6.54 Å². The molecule has 21 heavy (non-hydrogen) atoms. The Labute approximate surface area is 118 Å². The second kappa shape index (κ2) is 5.69. The van der Waals surface area contributed by atoms with Crippen LogP contribution in [-0.2, 0) is 20.9 Å². The molecular weight excluding hydrogens is 282 g/mol. The smallest absolute Gasteiger partial charge is 0.358 e. The van der Waals surface area contributed by atoms with Gasteiger partial charge >= 0.3 is 5.82 Å². The number of nitro groups is 1. The van der Waals surface area contributed by atoms with Crippen molar-refractivity contribution in [2.24, 2.45) is 0 Å². The lowest BCUT2D eigenvalue weighted by molar-refractivity contribution is -0.389. The van der Waals surface area contributed by atoms with E-state index in [1.807, 2.05) is 0 Å². The average Bonchev–Trinajstić information content (AvgIpc) is 2.89. The van der Waals surface area contributed by atoms with Gasteiger partial charge in [0.05, 0.1) is 0 Å². The van der Waals surface area contributed by atoms with Gasteiger partial charge in [0.25, 0.3) is 0 Å². The van der Waals surface area contributed by atoms with E-state index in [9.17, 15) is 24.5 Å². The van der Waals surface area contributed by atoms with Crippen molar-refractivity contribution < 1.29 is 19.3 Å². The number of carbonyl (C=O) groups is 3. The SMILES string of the molecule is CC1C(=O)NC(=O)CN1C(=O)CCn1cnc([N+](=O)[O-])c1. The first kappa shape index (κ1) is 14.6. The molecule has 1 aliphatic rings. The Morgan fingerprint density at radius 2 is 2.29 bits per heavy atom. The van der Waals surface area contributed by atoms with Crippen molar-refractivity contribution in [2.45, 2.75) is 25.9 Å². The van der Waals surface area contributed by atoms with Gasteiger partial charge in [0.1, 0.15) is 18.8 Å². The van der Waals surface area contributed by atoms with Crippen LogP contribution in [0, 0.1) is 10.1 Å². The summed E-state index contributed by atoms with van der Waals surface area (Å²) >= 11 is 0. The van der Waals surface area contributed by atoms with Gasteiger partial charge in [-0.05, 0) is 16.8 Å². The monoisotopic (exact) mass is 295 g/mol. The number of piperazine rings is 1. The van der Waals surface area contributed by atoms with Crippen LogP contribution in [-0.4, -0.2) is 49.7 Å². The second-order valence-electron chi connectivity index (χ2n) is 4.59. The van der Waals surface area contributed by atoms with Crippen molar-refractivity contribution >= 4 is 23.5 Å². The molecule has 3 amide bonds. The summed E-state index contributed by atoms with van der Waals surface area (Å²) in [6.45, 7) is 1.54. The van der Waals surface area contributed by atoms with Gasteiger partial charge in [0.15, 0.2) is 0 Å². The van der Waals surface area contributed by atoms with E-state index in [4.69, 9.17) is 0 Å². The molecule has 2 rings (SSSR count). The van der Waals surface area contributed by atoms with Crippen LogP contribution >= 0.6 is 0 Å². The predicted octanol–water partition coefficient (Wildman–Crippen LogP) is -0.945. The highest BCUT2D eigenvalue weighted by Gasteiger charge is 2.33. The number of nitrogens with one attached hydrogen (secondary N) is 1. The minimum absolute atomic E-state index is 0.0123. The van der Waals surface area contributed by atoms with Gasteiger partial charge in [-0.25, -0.2) is 0 Å². The van der Waals surface area contributed by atoms with E-state index in [1.165, 1.54) is 28.9 Å². The Hall–Kier alpha value is -2.78. The fourth-order valence-electron chi connectivity index (χ4n) is 1.95. The summed E-state index contributed by atoms with van der Waals surface area (Å²) in [5.41, 5.74) is 0. The van der Waals surface area contributed by atoms with Crippen LogP contribution in [0.25, 0.3) is 0 Å². The zero-order valence-electron chi connectivity index (χ0n) is 11.2. The second-order valence-corrected chi connectivity index (χ2v) is 4.59. The third kappa shape index (κ3) is 3.22. The number of aromatic nitrogens is 2. The van der Waals surface area contributed by atoms with Gasteiger partial charge in [0, 0.05) is 13.0 Å². The zero-order valence-corrected chi connectivity index (χ0v) is 11.2. The quantitative estimate of drug-likeness (QED) is 0.433. The molecule has 2 heterocycles. The van der Waals surface area contributed by atoms with Crippen LogP contribution in [0.3, 0.4) is 0 Å². The number of hydrogen-bond donors (Lipinski definition) is 1. The van der Waals surface area contributed by atoms with Crippen molar-refractivity contribution in [3.8, 4) is 0 Å². The summed E-state index contributed by atoms with van der Waals surface area (Å²) in [4.78, 5) is 49.4. The molecule has 1 saturated heterocycles. The number of imide groups is 1. The molecule has 10 heteroatoms. The lowest BCUT2D eigenvalue weighted by Gasteiger charge is -2.31. The lowest BCUT2D eigenvalue weighted by atomic mass is 10.2. The molecule has 0 saturated carbocycles. The van der Waals surface area contributed by atoms with E-state index < -0.39 is 22.8 Å². The summed E-state index contributed by atoms with van der Waals surface area (Å²) in [5, 5.41) is 12.6. The van der Waals surface area contributed by atoms with E-state index >= 15 is 0 Å².